The maximum absolute atomic E-state index is 12.6. The van der Waals surface area contributed by atoms with E-state index >= 15 is 0 Å². The highest BCUT2D eigenvalue weighted by Gasteiger charge is 2.27. The molecular weight excluding hydrogens is 408 g/mol. The van der Waals surface area contributed by atoms with Crippen LogP contribution in [0, 0.1) is 5.92 Å². The highest BCUT2D eigenvalue weighted by Crippen LogP contribution is 2.36. The van der Waals surface area contributed by atoms with Crippen molar-refractivity contribution in [3.63, 3.8) is 0 Å². The Morgan fingerprint density at radius 1 is 1.16 bits per heavy atom. The molecule has 1 atom stereocenters. The maximum atomic E-state index is 12.6. The molecule has 2 heterocycles. The van der Waals surface area contributed by atoms with E-state index in [0.717, 1.165) is 24.3 Å². The number of hydrogen-bond acceptors (Lipinski definition) is 7. The van der Waals surface area contributed by atoms with Crippen LogP contribution in [-0.2, 0) is 9.53 Å². The van der Waals surface area contributed by atoms with E-state index in [4.69, 9.17) is 18.7 Å². The molecule has 1 fully saturated rings. The number of aromatic nitrogens is 2. The number of carbonyl (C=O) groups is 1. The average Bonchev–Trinajstić information content (AvgIpc) is 3.41. The van der Waals surface area contributed by atoms with Crippen LogP contribution in [0.1, 0.15) is 90.4 Å². The molecular formula is C25H34N2O5. The summed E-state index contributed by atoms with van der Waals surface area (Å²) in [4.78, 5) is 17.2. The van der Waals surface area contributed by atoms with Crippen molar-refractivity contribution < 1.29 is 23.5 Å². The topological polar surface area (TPSA) is 83.7 Å². The highest BCUT2D eigenvalue weighted by atomic mass is 16.7. The zero-order valence-electron chi connectivity index (χ0n) is 19.4. The van der Waals surface area contributed by atoms with Crippen LogP contribution in [0.5, 0.6) is 11.5 Å². The Morgan fingerprint density at radius 2 is 1.94 bits per heavy atom. The van der Waals surface area contributed by atoms with Gasteiger partial charge in [-0.2, -0.15) is 4.98 Å². The summed E-state index contributed by atoms with van der Waals surface area (Å²) in [6.45, 7) is 5.86. The van der Waals surface area contributed by atoms with Crippen LogP contribution in [0.4, 0.5) is 0 Å². The van der Waals surface area contributed by atoms with Crippen LogP contribution < -0.4 is 9.47 Å². The van der Waals surface area contributed by atoms with Crippen LogP contribution in [-0.4, -0.2) is 28.5 Å². The van der Waals surface area contributed by atoms with Crippen LogP contribution in [0.3, 0.4) is 0 Å². The van der Waals surface area contributed by atoms with Gasteiger partial charge >= 0.3 is 5.97 Å². The van der Waals surface area contributed by atoms with E-state index in [2.05, 4.69) is 10.1 Å². The number of rotatable bonds is 8. The van der Waals surface area contributed by atoms with Gasteiger partial charge in [0.05, 0.1) is 6.42 Å². The Hall–Kier alpha value is -2.57. The van der Waals surface area contributed by atoms with E-state index in [9.17, 15) is 4.79 Å². The maximum Gasteiger partial charge on any atom is 0.307 e. The van der Waals surface area contributed by atoms with Gasteiger partial charge in [0.2, 0.25) is 18.5 Å². The van der Waals surface area contributed by atoms with Crippen LogP contribution in [0.15, 0.2) is 22.7 Å². The lowest BCUT2D eigenvalue weighted by molar-refractivity contribution is -0.155. The molecule has 1 aromatic carbocycles. The van der Waals surface area contributed by atoms with Crippen LogP contribution in [0.2, 0.25) is 0 Å². The number of carbonyl (C=O) groups excluding carboxylic acids is 1. The minimum Gasteiger partial charge on any atom is -0.460 e. The van der Waals surface area contributed by atoms with Crippen molar-refractivity contribution in [2.24, 2.45) is 5.92 Å². The van der Waals surface area contributed by atoms with Crippen molar-refractivity contribution in [2.45, 2.75) is 90.1 Å². The summed E-state index contributed by atoms with van der Waals surface area (Å²) in [5.74, 6) is 2.78. The lowest BCUT2D eigenvalue weighted by Gasteiger charge is -2.23. The Bertz CT molecular complexity index is 911. The number of fused-ring (bicyclic) bond motifs is 1. The summed E-state index contributed by atoms with van der Waals surface area (Å²) in [7, 11) is 0. The molecule has 1 aromatic heterocycles. The summed E-state index contributed by atoms with van der Waals surface area (Å²) in [5, 5.41) is 4.18. The van der Waals surface area contributed by atoms with Gasteiger partial charge in [0, 0.05) is 11.5 Å². The normalized spacial score (nSPS) is 17.3. The largest absolute Gasteiger partial charge is 0.460 e. The first kappa shape index (κ1) is 22.6. The van der Waals surface area contributed by atoms with Gasteiger partial charge in [-0.25, -0.2) is 0 Å². The van der Waals surface area contributed by atoms with Gasteiger partial charge in [-0.3, -0.25) is 4.79 Å². The summed E-state index contributed by atoms with van der Waals surface area (Å²) < 4.78 is 22.0. The van der Waals surface area contributed by atoms with E-state index in [1.165, 1.54) is 38.5 Å². The van der Waals surface area contributed by atoms with Gasteiger partial charge in [-0.05, 0) is 51.3 Å². The predicted octanol–water partition coefficient (Wildman–Crippen LogP) is 6.03. The zero-order chi connectivity index (χ0) is 22.6. The molecule has 0 unspecified atom stereocenters. The fourth-order valence-corrected chi connectivity index (χ4v) is 4.58. The van der Waals surface area contributed by atoms with Crippen molar-refractivity contribution in [1.82, 2.24) is 10.1 Å². The fraction of sp³-hybridized carbons (Fsp3) is 0.640. The van der Waals surface area contributed by atoms with Crippen molar-refractivity contribution in [3.05, 3.63) is 24.1 Å². The number of benzene rings is 1. The quantitative estimate of drug-likeness (QED) is 0.461. The number of ether oxygens (including phenoxy) is 3. The van der Waals surface area contributed by atoms with Gasteiger partial charge in [-0.1, -0.05) is 50.1 Å². The average molecular weight is 443 g/mol. The first-order chi connectivity index (χ1) is 15.4. The Labute approximate surface area is 189 Å². The molecule has 1 saturated carbocycles. The third kappa shape index (κ3) is 6.02. The van der Waals surface area contributed by atoms with E-state index in [0.29, 0.717) is 23.2 Å². The standard InChI is InChI=1S/C25H34N2O5/c1-25(2,3)31-22(28)15-19(11-7-10-17-8-5-4-6-9-17)24-26-23(27-32-24)18-12-13-20-21(14-18)30-16-29-20/h12-14,17,19H,4-11,15-16H2,1-3H3/t19-/m1/s1. The smallest absolute Gasteiger partial charge is 0.307 e. The molecule has 0 spiro atoms. The molecule has 2 aromatic rings. The van der Waals surface area contributed by atoms with E-state index < -0.39 is 5.60 Å². The summed E-state index contributed by atoms with van der Waals surface area (Å²) in [6.07, 6.45) is 10.00. The Kier molecular flexibility index (Phi) is 7.01. The molecule has 0 N–H and O–H groups in total. The van der Waals surface area contributed by atoms with Crippen LogP contribution >= 0.6 is 0 Å². The minimum atomic E-state index is -0.518. The predicted molar refractivity (Wildman–Crippen MR) is 119 cm³/mol. The van der Waals surface area contributed by atoms with Crippen LogP contribution in [0.25, 0.3) is 11.4 Å². The molecule has 4 rings (SSSR count). The van der Waals surface area contributed by atoms with Crippen molar-refractivity contribution in [1.29, 1.82) is 0 Å². The van der Waals surface area contributed by atoms with Gasteiger partial charge in [0.15, 0.2) is 11.5 Å². The zero-order valence-corrected chi connectivity index (χ0v) is 19.4. The minimum absolute atomic E-state index is 0.149. The number of hydrogen-bond donors (Lipinski definition) is 0. The SMILES string of the molecule is CC(C)(C)OC(=O)C[C@@H](CCCC1CCCCC1)c1nc(-c2ccc3c(c2)OCO3)no1. The molecule has 0 bridgehead atoms. The molecule has 0 amide bonds. The van der Waals surface area contributed by atoms with Gasteiger partial charge in [0.1, 0.15) is 5.60 Å². The van der Waals surface area contributed by atoms with Crippen molar-refractivity contribution >= 4 is 5.97 Å². The first-order valence-corrected chi connectivity index (χ1v) is 11.8. The van der Waals surface area contributed by atoms with E-state index in [1.807, 2.05) is 39.0 Å². The molecule has 2 aliphatic rings. The molecule has 0 radical (unpaired) electrons. The summed E-state index contributed by atoms with van der Waals surface area (Å²) in [6, 6.07) is 5.58. The van der Waals surface area contributed by atoms with Gasteiger partial charge < -0.3 is 18.7 Å². The second-order valence-corrected chi connectivity index (χ2v) is 9.95. The third-order valence-corrected chi connectivity index (χ3v) is 6.14. The highest BCUT2D eigenvalue weighted by molar-refractivity contribution is 5.71. The number of nitrogens with zero attached hydrogens (tertiary/aromatic N) is 2. The van der Waals surface area contributed by atoms with E-state index in [1.54, 1.807) is 0 Å². The molecule has 174 valence electrons. The number of esters is 1. The molecule has 1 aliphatic heterocycles. The van der Waals surface area contributed by atoms with Gasteiger partial charge in [0.25, 0.3) is 0 Å². The van der Waals surface area contributed by atoms with Gasteiger partial charge in [-0.15, -0.1) is 0 Å². The summed E-state index contributed by atoms with van der Waals surface area (Å²) in [5.41, 5.74) is 0.276. The third-order valence-electron chi connectivity index (χ3n) is 6.14. The Morgan fingerprint density at radius 3 is 2.72 bits per heavy atom. The Balaban J connectivity index is 1.45. The van der Waals surface area contributed by atoms with Crippen molar-refractivity contribution in [2.75, 3.05) is 6.79 Å². The lowest BCUT2D eigenvalue weighted by atomic mass is 9.84. The molecule has 7 heteroatoms. The molecule has 1 aliphatic carbocycles. The van der Waals surface area contributed by atoms with E-state index in [-0.39, 0.29) is 25.1 Å². The first-order valence-electron chi connectivity index (χ1n) is 11.8. The molecule has 0 saturated heterocycles. The fourth-order valence-electron chi connectivity index (χ4n) is 4.58. The second kappa shape index (κ2) is 9.92. The molecule has 32 heavy (non-hydrogen) atoms. The monoisotopic (exact) mass is 442 g/mol. The molecule has 7 nitrogen and oxygen atoms in total. The lowest BCUT2D eigenvalue weighted by Crippen LogP contribution is -2.25. The summed E-state index contributed by atoms with van der Waals surface area (Å²) >= 11 is 0. The van der Waals surface area contributed by atoms with Crippen molar-refractivity contribution in [3.8, 4) is 22.9 Å². The second-order valence-electron chi connectivity index (χ2n) is 9.95.